The summed E-state index contributed by atoms with van der Waals surface area (Å²) < 4.78 is 5.39. The number of thiazole rings is 1. The Morgan fingerprint density at radius 3 is 2.31 bits per heavy atom. The molecule has 0 aliphatic heterocycles. The Morgan fingerprint density at radius 2 is 1.65 bits per heavy atom. The van der Waals surface area contributed by atoms with Crippen LogP contribution in [0.4, 0.5) is 0 Å². The quantitative estimate of drug-likeness (QED) is 0.479. The minimum Gasteiger partial charge on any atom is -0.450 e. The number of carbonyl (C=O) groups is 2. The summed E-state index contributed by atoms with van der Waals surface area (Å²) in [5.74, 6) is -0.737. The lowest BCUT2D eigenvalue weighted by Gasteiger charge is -2.12. The minimum atomic E-state index is -0.855. The highest BCUT2D eigenvalue weighted by atomic mass is 32.1. The van der Waals surface area contributed by atoms with Gasteiger partial charge in [0.25, 0.3) is 0 Å². The number of carbonyl (C=O) groups excluding carboxylic acids is 2. The highest BCUT2D eigenvalue weighted by Crippen LogP contribution is 2.28. The number of Topliss-reactive ketones (excluding diaryl/α,β-unsaturated/α-hetero) is 1. The van der Waals surface area contributed by atoms with E-state index in [1.54, 1.807) is 26.0 Å². The average Bonchev–Trinajstić information content (AvgIpc) is 3.04. The molecule has 0 aliphatic rings. The Kier molecular flexibility index (Phi) is 5.28. The molecule has 1 aromatic heterocycles. The van der Waals surface area contributed by atoms with Crippen LogP contribution in [0.2, 0.25) is 0 Å². The smallest absolute Gasteiger partial charge is 0.350 e. The van der Waals surface area contributed by atoms with Crippen LogP contribution in [0.1, 0.15) is 38.2 Å². The van der Waals surface area contributed by atoms with Crippen molar-refractivity contribution in [2.24, 2.45) is 0 Å². The molecule has 1 heterocycles. The molecule has 0 amide bonds. The van der Waals surface area contributed by atoms with Crippen molar-refractivity contribution in [1.29, 1.82) is 0 Å². The van der Waals surface area contributed by atoms with Gasteiger partial charge in [0, 0.05) is 11.1 Å². The van der Waals surface area contributed by atoms with Gasteiger partial charge in [0.05, 0.1) is 5.69 Å². The van der Waals surface area contributed by atoms with Crippen LogP contribution in [-0.4, -0.2) is 22.8 Å². The van der Waals surface area contributed by atoms with Gasteiger partial charge in [-0.05, 0) is 20.8 Å². The van der Waals surface area contributed by atoms with Crippen LogP contribution in [0.15, 0.2) is 54.6 Å². The fraction of sp³-hybridized carbons (Fsp3) is 0.190. The second-order valence-electron chi connectivity index (χ2n) is 6.08. The lowest BCUT2D eigenvalue weighted by Crippen LogP contribution is -2.24. The van der Waals surface area contributed by atoms with Crippen molar-refractivity contribution in [1.82, 2.24) is 4.98 Å². The summed E-state index contributed by atoms with van der Waals surface area (Å²) in [4.78, 5) is 29.8. The van der Waals surface area contributed by atoms with Crippen molar-refractivity contribution >= 4 is 23.1 Å². The van der Waals surface area contributed by atoms with Crippen LogP contribution in [0.25, 0.3) is 10.6 Å². The molecule has 1 atom stereocenters. The second-order valence-corrected chi connectivity index (χ2v) is 7.08. The van der Waals surface area contributed by atoms with Crippen LogP contribution in [0.5, 0.6) is 0 Å². The molecule has 5 heteroatoms. The highest BCUT2D eigenvalue weighted by Gasteiger charge is 2.23. The van der Waals surface area contributed by atoms with Gasteiger partial charge < -0.3 is 4.74 Å². The third kappa shape index (κ3) is 3.89. The van der Waals surface area contributed by atoms with E-state index in [0.717, 1.165) is 16.1 Å². The van der Waals surface area contributed by atoms with Crippen molar-refractivity contribution in [2.45, 2.75) is 26.9 Å². The van der Waals surface area contributed by atoms with E-state index in [1.165, 1.54) is 11.3 Å². The zero-order chi connectivity index (χ0) is 18.7. The Balaban J connectivity index is 1.74. The molecule has 0 radical (unpaired) electrons. The third-order valence-corrected chi connectivity index (χ3v) is 5.18. The van der Waals surface area contributed by atoms with Gasteiger partial charge in [0.1, 0.15) is 9.88 Å². The van der Waals surface area contributed by atoms with Gasteiger partial charge in [-0.2, -0.15) is 0 Å². The first-order chi connectivity index (χ1) is 12.5. The van der Waals surface area contributed by atoms with Crippen LogP contribution in [0.3, 0.4) is 0 Å². The molecule has 132 valence electrons. The predicted molar refractivity (Wildman–Crippen MR) is 103 cm³/mol. The van der Waals surface area contributed by atoms with E-state index in [0.29, 0.717) is 16.1 Å². The van der Waals surface area contributed by atoms with Crippen LogP contribution in [-0.2, 0) is 4.74 Å². The summed E-state index contributed by atoms with van der Waals surface area (Å²) in [6.07, 6.45) is -0.855. The molecule has 0 unspecified atom stereocenters. The molecule has 0 N–H and O–H groups in total. The van der Waals surface area contributed by atoms with E-state index in [4.69, 9.17) is 4.74 Å². The van der Waals surface area contributed by atoms with Gasteiger partial charge in [0.15, 0.2) is 6.10 Å². The van der Waals surface area contributed by atoms with Gasteiger partial charge in [-0.25, -0.2) is 9.78 Å². The summed E-state index contributed by atoms with van der Waals surface area (Å²) in [6.45, 7) is 5.31. The molecule has 0 spiro atoms. The van der Waals surface area contributed by atoms with Crippen LogP contribution >= 0.6 is 11.3 Å². The van der Waals surface area contributed by atoms with E-state index in [1.807, 2.05) is 49.4 Å². The van der Waals surface area contributed by atoms with Crippen molar-refractivity contribution in [3.05, 3.63) is 76.3 Å². The number of aromatic nitrogens is 1. The monoisotopic (exact) mass is 365 g/mol. The minimum absolute atomic E-state index is 0.219. The Bertz CT molecular complexity index is 930. The molecule has 0 bridgehead atoms. The first kappa shape index (κ1) is 18.0. The van der Waals surface area contributed by atoms with Crippen molar-refractivity contribution < 1.29 is 14.3 Å². The Hall–Kier alpha value is -2.79. The number of aryl methyl sites for hydroxylation is 2. The SMILES string of the molecule is Cc1ccc(C(=O)[C@@H](C)OC(=O)c2sc(-c3ccccc3)nc2C)cc1. The first-order valence-electron chi connectivity index (χ1n) is 8.30. The summed E-state index contributed by atoms with van der Waals surface area (Å²) in [5.41, 5.74) is 3.15. The zero-order valence-electron chi connectivity index (χ0n) is 14.9. The fourth-order valence-electron chi connectivity index (χ4n) is 2.51. The fourth-order valence-corrected chi connectivity index (χ4v) is 3.46. The number of hydrogen-bond donors (Lipinski definition) is 0. The van der Waals surface area contributed by atoms with Gasteiger partial charge >= 0.3 is 5.97 Å². The molecule has 0 fully saturated rings. The average molecular weight is 365 g/mol. The molecule has 3 rings (SSSR count). The van der Waals surface area contributed by atoms with E-state index < -0.39 is 12.1 Å². The number of nitrogens with zero attached hydrogens (tertiary/aromatic N) is 1. The maximum absolute atomic E-state index is 12.5. The lowest BCUT2D eigenvalue weighted by molar-refractivity contribution is 0.0322. The third-order valence-electron chi connectivity index (χ3n) is 3.99. The van der Waals surface area contributed by atoms with Crippen molar-refractivity contribution in [2.75, 3.05) is 0 Å². The van der Waals surface area contributed by atoms with Crippen LogP contribution in [0, 0.1) is 13.8 Å². The maximum atomic E-state index is 12.5. The maximum Gasteiger partial charge on any atom is 0.350 e. The van der Waals surface area contributed by atoms with Gasteiger partial charge in [-0.3, -0.25) is 4.79 Å². The molecule has 0 aliphatic carbocycles. The second kappa shape index (κ2) is 7.62. The van der Waals surface area contributed by atoms with Gasteiger partial charge in [0.2, 0.25) is 5.78 Å². The normalized spacial score (nSPS) is 11.8. The molecule has 2 aromatic carbocycles. The number of benzene rings is 2. The van der Waals surface area contributed by atoms with Gasteiger partial charge in [-0.15, -0.1) is 11.3 Å². The van der Waals surface area contributed by atoms with E-state index in [2.05, 4.69) is 4.98 Å². The number of hydrogen-bond acceptors (Lipinski definition) is 5. The topological polar surface area (TPSA) is 56.3 Å². The summed E-state index contributed by atoms with van der Waals surface area (Å²) in [7, 11) is 0. The molecule has 4 nitrogen and oxygen atoms in total. The predicted octanol–water partition coefficient (Wildman–Crippen LogP) is 4.86. The van der Waals surface area contributed by atoms with E-state index in [-0.39, 0.29) is 5.78 Å². The number of rotatable bonds is 5. The van der Waals surface area contributed by atoms with E-state index in [9.17, 15) is 9.59 Å². The first-order valence-corrected chi connectivity index (χ1v) is 9.12. The molecular formula is C21H19NO3S. The molecule has 26 heavy (non-hydrogen) atoms. The summed E-state index contributed by atoms with van der Waals surface area (Å²) >= 11 is 1.28. The Labute approximate surface area is 156 Å². The highest BCUT2D eigenvalue weighted by molar-refractivity contribution is 7.17. The number of esters is 1. The van der Waals surface area contributed by atoms with Crippen molar-refractivity contribution in [3.63, 3.8) is 0 Å². The van der Waals surface area contributed by atoms with Crippen molar-refractivity contribution in [3.8, 4) is 10.6 Å². The van der Waals surface area contributed by atoms with E-state index >= 15 is 0 Å². The Morgan fingerprint density at radius 1 is 1.00 bits per heavy atom. The zero-order valence-corrected chi connectivity index (χ0v) is 15.7. The molecular weight excluding hydrogens is 346 g/mol. The lowest BCUT2D eigenvalue weighted by atomic mass is 10.1. The molecule has 3 aromatic rings. The van der Waals surface area contributed by atoms with Crippen LogP contribution < -0.4 is 0 Å². The molecule has 0 saturated heterocycles. The largest absolute Gasteiger partial charge is 0.450 e. The molecule has 0 saturated carbocycles. The number of ether oxygens (including phenoxy) is 1. The van der Waals surface area contributed by atoms with Gasteiger partial charge in [-0.1, -0.05) is 60.2 Å². The summed E-state index contributed by atoms with van der Waals surface area (Å²) in [5, 5.41) is 0.757. The number of ketones is 1. The standard InChI is InChI=1S/C21H19NO3S/c1-13-9-11-16(12-10-13)18(23)15(3)25-21(24)19-14(2)22-20(26-19)17-7-5-4-6-8-17/h4-12,15H,1-3H3/t15-/m1/s1. The summed E-state index contributed by atoms with van der Waals surface area (Å²) in [6, 6.07) is 16.9.